The first-order valence-corrected chi connectivity index (χ1v) is 9.81. The van der Waals surface area contributed by atoms with E-state index >= 15 is 0 Å². The standard InChI is InChI=1S/C22H32N2O2/c1-14-10-15(2)20(16(3)11-14)21-18(25)12-22(13-19(21)26)6-8-24(9-7-22)17(4)23-5/h10,16,21,23H,4,6-9,11-13H2,1-3,5H3. The fraction of sp³-hybridized carbons (Fsp3) is 0.636. The van der Waals surface area contributed by atoms with Gasteiger partial charge in [0.2, 0.25) is 0 Å². The zero-order chi connectivity index (χ0) is 19.1. The fourth-order valence-corrected chi connectivity index (χ4v) is 5.30. The second-order valence-electron chi connectivity index (χ2n) is 8.64. The van der Waals surface area contributed by atoms with Crippen LogP contribution in [-0.4, -0.2) is 36.6 Å². The van der Waals surface area contributed by atoms with Gasteiger partial charge in [-0.2, -0.15) is 0 Å². The molecule has 4 heteroatoms. The maximum atomic E-state index is 13.1. The molecular formula is C22H32N2O2. The molecule has 1 heterocycles. The Balaban J connectivity index is 1.77. The maximum absolute atomic E-state index is 13.1. The van der Waals surface area contributed by atoms with Crippen LogP contribution in [-0.2, 0) is 9.59 Å². The highest BCUT2D eigenvalue weighted by molar-refractivity contribution is 6.08. The van der Waals surface area contributed by atoms with Crippen LogP contribution in [0.25, 0.3) is 0 Å². The van der Waals surface area contributed by atoms with Crippen LogP contribution in [0.1, 0.15) is 52.9 Å². The molecule has 0 radical (unpaired) electrons. The summed E-state index contributed by atoms with van der Waals surface area (Å²) in [7, 11) is 1.88. The first-order valence-electron chi connectivity index (χ1n) is 9.81. The quantitative estimate of drug-likeness (QED) is 0.785. The number of ketones is 2. The van der Waals surface area contributed by atoms with Gasteiger partial charge in [0.05, 0.1) is 11.7 Å². The molecule has 26 heavy (non-hydrogen) atoms. The van der Waals surface area contributed by atoms with E-state index in [0.29, 0.717) is 12.8 Å². The fourth-order valence-electron chi connectivity index (χ4n) is 5.30. The Morgan fingerprint density at radius 1 is 1.19 bits per heavy atom. The molecule has 0 amide bonds. The predicted molar refractivity (Wildman–Crippen MR) is 104 cm³/mol. The van der Waals surface area contributed by atoms with E-state index in [9.17, 15) is 9.59 Å². The molecule has 1 N–H and O–H groups in total. The Hall–Kier alpha value is -1.84. The first-order chi connectivity index (χ1) is 12.3. The highest BCUT2D eigenvalue weighted by Gasteiger charge is 2.48. The van der Waals surface area contributed by atoms with Gasteiger partial charge in [0.15, 0.2) is 0 Å². The molecule has 0 aromatic heterocycles. The molecular weight excluding hydrogens is 324 g/mol. The third-order valence-corrected chi connectivity index (χ3v) is 6.63. The van der Waals surface area contributed by atoms with Crippen LogP contribution in [0, 0.1) is 17.3 Å². The third-order valence-electron chi connectivity index (χ3n) is 6.63. The Labute approximate surface area is 157 Å². The van der Waals surface area contributed by atoms with E-state index in [0.717, 1.165) is 49.3 Å². The lowest BCUT2D eigenvalue weighted by Crippen LogP contribution is -2.48. The van der Waals surface area contributed by atoms with E-state index in [1.54, 1.807) is 0 Å². The molecule has 0 aromatic carbocycles. The lowest BCUT2D eigenvalue weighted by molar-refractivity contribution is -0.140. The number of allylic oxidation sites excluding steroid dienone is 4. The Morgan fingerprint density at radius 3 is 2.27 bits per heavy atom. The van der Waals surface area contributed by atoms with Gasteiger partial charge < -0.3 is 10.2 Å². The second-order valence-corrected chi connectivity index (χ2v) is 8.64. The molecule has 4 nitrogen and oxygen atoms in total. The SMILES string of the molecule is C=C(NC)N1CCC2(CC1)CC(=O)C(C1=C(C)C=C(C)CC1C)C(=O)C2. The molecule has 1 saturated carbocycles. The molecule has 2 fully saturated rings. The number of carbonyl (C=O) groups excluding carboxylic acids is 2. The van der Waals surface area contributed by atoms with Crippen molar-refractivity contribution in [2.24, 2.45) is 17.3 Å². The summed E-state index contributed by atoms with van der Waals surface area (Å²) >= 11 is 0. The minimum atomic E-state index is -0.495. The van der Waals surface area contributed by atoms with Crippen molar-refractivity contribution in [2.45, 2.75) is 52.9 Å². The molecule has 0 bridgehead atoms. The molecule has 1 spiro atoms. The molecule has 1 unspecified atom stereocenters. The molecule has 3 aliphatic rings. The molecule has 2 aliphatic carbocycles. The van der Waals surface area contributed by atoms with Crippen molar-refractivity contribution in [1.82, 2.24) is 10.2 Å². The van der Waals surface area contributed by atoms with Crippen molar-refractivity contribution in [1.29, 1.82) is 0 Å². The minimum Gasteiger partial charge on any atom is -0.375 e. The van der Waals surface area contributed by atoms with Gasteiger partial charge in [0.1, 0.15) is 11.6 Å². The summed E-state index contributed by atoms with van der Waals surface area (Å²) < 4.78 is 0. The second kappa shape index (κ2) is 7.05. The summed E-state index contributed by atoms with van der Waals surface area (Å²) in [6, 6.07) is 0. The van der Waals surface area contributed by atoms with E-state index in [-0.39, 0.29) is 22.9 Å². The van der Waals surface area contributed by atoms with Crippen LogP contribution in [0.3, 0.4) is 0 Å². The van der Waals surface area contributed by atoms with Crippen molar-refractivity contribution in [2.75, 3.05) is 20.1 Å². The van der Waals surface area contributed by atoms with Gasteiger partial charge in [-0.1, -0.05) is 30.7 Å². The molecule has 3 rings (SSSR count). The van der Waals surface area contributed by atoms with Crippen molar-refractivity contribution < 1.29 is 9.59 Å². The zero-order valence-electron chi connectivity index (χ0n) is 16.7. The lowest BCUT2D eigenvalue weighted by Gasteiger charge is -2.46. The summed E-state index contributed by atoms with van der Waals surface area (Å²) in [5.41, 5.74) is 3.42. The summed E-state index contributed by atoms with van der Waals surface area (Å²) in [6.07, 6.45) is 6.00. The van der Waals surface area contributed by atoms with E-state index in [4.69, 9.17) is 0 Å². The monoisotopic (exact) mass is 356 g/mol. The Morgan fingerprint density at radius 2 is 1.77 bits per heavy atom. The number of carbonyl (C=O) groups is 2. The molecule has 1 aliphatic heterocycles. The van der Waals surface area contributed by atoms with Crippen molar-refractivity contribution in [3.8, 4) is 0 Å². The van der Waals surface area contributed by atoms with Gasteiger partial charge in [-0.05, 0) is 50.0 Å². The number of rotatable bonds is 3. The van der Waals surface area contributed by atoms with Gasteiger partial charge >= 0.3 is 0 Å². The average molecular weight is 357 g/mol. The molecule has 0 aromatic rings. The first kappa shape index (κ1) is 18.9. The number of hydrogen-bond donors (Lipinski definition) is 1. The van der Waals surface area contributed by atoms with Crippen molar-refractivity contribution >= 4 is 11.6 Å². The largest absolute Gasteiger partial charge is 0.375 e. The lowest BCUT2D eigenvalue weighted by atomic mass is 9.61. The van der Waals surface area contributed by atoms with Crippen LogP contribution in [0.5, 0.6) is 0 Å². The maximum Gasteiger partial charge on any atom is 0.148 e. The third kappa shape index (κ3) is 3.38. The number of nitrogens with zero attached hydrogens (tertiary/aromatic N) is 1. The Kier molecular flexibility index (Phi) is 5.14. The van der Waals surface area contributed by atoms with E-state index in [1.165, 1.54) is 5.57 Å². The van der Waals surface area contributed by atoms with Gasteiger partial charge in [0.25, 0.3) is 0 Å². The average Bonchev–Trinajstić information content (AvgIpc) is 2.56. The molecule has 142 valence electrons. The number of Topliss-reactive ketones (excluding diaryl/α,β-unsaturated/α-hetero) is 2. The van der Waals surface area contributed by atoms with Crippen molar-refractivity contribution in [3.05, 3.63) is 35.2 Å². The summed E-state index contributed by atoms with van der Waals surface area (Å²) in [5.74, 6) is 1.01. The highest BCUT2D eigenvalue weighted by Crippen LogP contribution is 2.47. The van der Waals surface area contributed by atoms with Gasteiger partial charge in [0, 0.05) is 33.0 Å². The zero-order valence-corrected chi connectivity index (χ0v) is 16.7. The summed E-state index contributed by atoms with van der Waals surface area (Å²) in [6.45, 7) is 12.1. The normalized spacial score (nSPS) is 27.0. The van der Waals surface area contributed by atoms with Gasteiger partial charge in [-0.25, -0.2) is 0 Å². The predicted octanol–water partition coefficient (Wildman–Crippen LogP) is 3.61. The number of hydrogen-bond acceptors (Lipinski definition) is 4. The van der Waals surface area contributed by atoms with Gasteiger partial charge in [-0.3, -0.25) is 9.59 Å². The molecule has 1 saturated heterocycles. The van der Waals surface area contributed by atoms with Gasteiger partial charge in [-0.15, -0.1) is 0 Å². The van der Waals surface area contributed by atoms with Crippen LogP contribution < -0.4 is 5.32 Å². The van der Waals surface area contributed by atoms with E-state index in [2.05, 4.69) is 43.6 Å². The smallest absolute Gasteiger partial charge is 0.148 e. The summed E-state index contributed by atoms with van der Waals surface area (Å²) in [5, 5.41) is 3.09. The van der Waals surface area contributed by atoms with Crippen LogP contribution >= 0.6 is 0 Å². The number of likely N-dealkylation sites (tertiary alicyclic amines) is 1. The van der Waals surface area contributed by atoms with Crippen LogP contribution in [0.15, 0.2) is 35.2 Å². The topological polar surface area (TPSA) is 49.4 Å². The summed E-state index contributed by atoms with van der Waals surface area (Å²) in [4.78, 5) is 28.4. The van der Waals surface area contributed by atoms with Crippen molar-refractivity contribution in [3.63, 3.8) is 0 Å². The number of nitrogens with one attached hydrogen (secondary N) is 1. The van der Waals surface area contributed by atoms with E-state index in [1.807, 2.05) is 7.05 Å². The Bertz CT molecular complexity index is 673. The molecule has 1 atom stereocenters. The highest BCUT2D eigenvalue weighted by atomic mass is 16.2. The number of piperidine rings is 1. The van der Waals surface area contributed by atoms with Crippen LogP contribution in [0.2, 0.25) is 0 Å². The minimum absolute atomic E-state index is 0.132. The van der Waals surface area contributed by atoms with Crippen LogP contribution in [0.4, 0.5) is 0 Å². The van der Waals surface area contributed by atoms with E-state index < -0.39 is 5.92 Å².